The molecule has 4 nitrogen and oxygen atoms in total. The van der Waals surface area contributed by atoms with Gasteiger partial charge >= 0.3 is 0 Å². The first kappa shape index (κ1) is 19.1. The van der Waals surface area contributed by atoms with Gasteiger partial charge < -0.3 is 4.90 Å². The fourth-order valence-corrected chi connectivity index (χ4v) is 3.73. The van der Waals surface area contributed by atoms with Gasteiger partial charge in [0, 0.05) is 23.8 Å². The van der Waals surface area contributed by atoms with Gasteiger partial charge in [-0.1, -0.05) is 13.0 Å². The summed E-state index contributed by atoms with van der Waals surface area (Å²) in [6.45, 7) is 8.81. The number of carbonyl (C=O) groups is 1. The fourth-order valence-electron chi connectivity index (χ4n) is 3.73. The van der Waals surface area contributed by atoms with Gasteiger partial charge in [0.05, 0.1) is 6.21 Å². The van der Waals surface area contributed by atoms with Crippen LogP contribution >= 0.6 is 0 Å². The van der Waals surface area contributed by atoms with Crippen LogP contribution in [0, 0.1) is 12.7 Å². The summed E-state index contributed by atoms with van der Waals surface area (Å²) in [5, 5.41) is 4.07. The summed E-state index contributed by atoms with van der Waals surface area (Å²) < 4.78 is 13.2. The number of hydrogen-bond donors (Lipinski definition) is 1. The van der Waals surface area contributed by atoms with Crippen LogP contribution in [0.2, 0.25) is 0 Å². The molecule has 5 heteroatoms. The second kappa shape index (κ2) is 7.14. The Morgan fingerprint density at radius 1 is 1.33 bits per heavy atom. The lowest BCUT2D eigenvalue weighted by molar-refractivity contribution is 0.0954. The third-order valence-corrected chi connectivity index (χ3v) is 5.48. The quantitative estimate of drug-likeness (QED) is 0.635. The van der Waals surface area contributed by atoms with Crippen LogP contribution in [0.1, 0.15) is 60.2 Å². The normalized spacial score (nSPS) is 18.4. The average Bonchev–Trinajstić information content (AvgIpc) is 2.60. The Bertz CT molecular complexity index is 904. The molecule has 1 aliphatic rings. The van der Waals surface area contributed by atoms with Crippen LogP contribution in [0.25, 0.3) is 0 Å². The maximum absolute atomic E-state index is 13.2. The Kier molecular flexibility index (Phi) is 5.05. The molecule has 0 fully saturated rings. The Morgan fingerprint density at radius 3 is 2.78 bits per heavy atom. The fraction of sp³-hybridized carbons (Fsp3) is 0.364. The summed E-state index contributed by atoms with van der Waals surface area (Å²) in [5.74, 6) is -0.435. The van der Waals surface area contributed by atoms with Crippen LogP contribution in [0.3, 0.4) is 0 Å². The van der Waals surface area contributed by atoms with Crippen molar-refractivity contribution in [1.29, 1.82) is 0 Å². The van der Waals surface area contributed by atoms with E-state index in [0.29, 0.717) is 5.92 Å². The first-order valence-corrected chi connectivity index (χ1v) is 9.16. The monoisotopic (exact) mass is 367 g/mol. The number of aryl methyl sites for hydroxylation is 1. The predicted octanol–water partition coefficient (Wildman–Crippen LogP) is 4.62. The lowest BCUT2D eigenvalue weighted by Crippen LogP contribution is -2.45. The van der Waals surface area contributed by atoms with Crippen LogP contribution in [0.4, 0.5) is 10.1 Å². The van der Waals surface area contributed by atoms with E-state index in [0.717, 1.165) is 17.5 Å². The number of nitrogens with one attached hydrogen (secondary N) is 1. The van der Waals surface area contributed by atoms with E-state index in [2.05, 4.69) is 55.4 Å². The summed E-state index contributed by atoms with van der Waals surface area (Å²) in [6, 6.07) is 9.88. The molecule has 0 aliphatic carbocycles. The van der Waals surface area contributed by atoms with Gasteiger partial charge in [-0.05, 0) is 80.1 Å². The van der Waals surface area contributed by atoms with Crippen molar-refractivity contribution in [2.24, 2.45) is 5.10 Å². The summed E-state index contributed by atoms with van der Waals surface area (Å²) in [7, 11) is 2.14. The molecular weight excluding hydrogens is 341 g/mol. The average molecular weight is 367 g/mol. The van der Waals surface area contributed by atoms with E-state index >= 15 is 0 Å². The molecule has 1 aliphatic heterocycles. The number of hydrogen-bond acceptors (Lipinski definition) is 3. The minimum absolute atomic E-state index is 0.118. The zero-order valence-electron chi connectivity index (χ0n) is 16.5. The van der Waals surface area contributed by atoms with Gasteiger partial charge in [0.25, 0.3) is 5.91 Å². The van der Waals surface area contributed by atoms with Crippen molar-refractivity contribution in [1.82, 2.24) is 5.43 Å². The maximum atomic E-state index is 13.2. The van der Waals surface area contributed by atoms with Crippen LogP contribution in [-0.2, 0) is 0 Å². The highest BCUT2D eigenvalue weighted by atomic mass is 19.1. The highest BCUT2D eigenvalue weighted by Crippen LogP contribution is 2.43. The van der Waals surface area contributed by atoms with Crippen LogP contribution in [0.15, 0.2) is 41.5 Å². The molecule has 2 aromatic rings. The molecule has 0 spiro atoms. The molecule has 0 saturated heterocycles. The van der Waals surface area contributed by atoms with Gasteiger partial charge in [-0.2, -0.15) is 5.10 Å². The van der Waals surface area contributed by atoms with Crippen molar-refractivity contribution >= 4 is 17.8 Å². The van der Waals surface area contributed by atoms with Gasteiger partial charge in [0.15, 0.2) is 0 Å². The molecule has 0 radical (unpaired) electrons. The van der Waals surface area contributed by atoms with Crippen molar-refractivity contribution in [2.45, 2.75) is 45.6 Å². The number of hydrazone groups is 1. The zero-order valence-corrected chi connectivity index (χ0v) is 16.5. The molecule has 1 amide bonds. The standard InChI is InChI=1S/C22H26FN3O/c1-14-9-20-19(15(2)12-22(3,4)26(20)5)11-17(14)13-24-25-21(27)16-7-6-8-18(23)10-16/h6-11,13,15H,12H2,1-5H3,(H,25,27)/b24-13-/t15-/m0/s1. The van der Waals surface area contributed by atoms with Crippen molar-refractivity contribution < 1.29 is 9.18 Å². The highest BCUT2D eigenvalue weighted by molar-refractivity contribution is 5.95. The SMILES string of the molecule is Cc1cc2c(cc1/C=N\NC(=O)c1cccc(F)c1)[C@@H](C)CC(C)(C)N2C. The minimum Gasteiger partial charge on any atom is -0.369 e. The minimum atomic E-state index is -0.446. The molecule has 0 bridgehead atoms. The van der Waals surface area contributed by atoms with Gasteiger partial charge in [0.2, 0.25) is 0 Å². The van der Waals surface area contributed by atoms with Gasteiger partial charge in [-0.15, -0.1) is 0 Å². The third-order valence-electron chi connectivity index (χ3n) is 5.48. The number of rotatable bonds is 3. The number of fused-ring (bicyclic) bond motifs is 1. The highest BCUT2D eigenvalue weighted by Gasteiger charge is 2.34. The van der Waals surface area contributed by atoms with E-state index in [1.54, 1.807) is 12.3 Å². The Morgan fingerprint density at radius 2 is 2.07 bits per heavy atom. The first-order valence-electron chi connectivity index (χ1n) is 9.16. The topological polar surface area (TPSA) is 44.7 Å². The number of carbonyl (C=O) groups excluding carboxylic acids is 1. The summed E-state index contributed by atoms with van der Waals surface area (Å²) in [4.78, 5) is 14.4. The van der Waals surface area contributed by atoms with Crippen molar-refractivity contribution in [3.63, 3.8) is 0 Å². The van der Waals surface area contributed by atoms with E-state index in [-0.39, 0.29) is 11.1 Å². The van der Waals surface area contributed by atoms with Gasteiger partial charge in [0.1, 0.15) is 5.82 Å². The number of nitrogens with zero attached hydrogens (tertiary/aromatic N) is 2. The molecule has 142 valence electrons. The van der Waals surface area contributed by atoms with E-state index in [9.17, 15) is 9.18 Å². The summed E-state index contributed by atoms with van der Waals surface area (Å²) in [6.07, 6.45) is 2.73. The van der Waals surface area contributed by atoms with Gasteiger partial charge in [-0.3, -0.25) is 4.79 Å². The molecule has 2 aromatic carbocycles. The second-order valence-electron chi connectivity index (χ2n) is 7.95. The lowest BCUT2D eigenvalue weighted by Gasteiger charge is -2.45. The number of benzene rings is 2. The van der Waals surface area contributed by atoms with Crippen molar-refractivity contribution in [3.05, 3.63) is 64.5 Å². The molecule has 3 rings (SSSR count). The van der Waals surface area contributed by atoms with E-state index in [1.807, 2.05) is 6.92 Å². The predicted molar refractivity (Wildman–Crippen MR) is 108 cm³/mol. The van der Waals surface area contributed by atoms with Crippen LogP contribution in [-0.4, -0.2) is 24.7 Å². The first-order chi connectivity index (χ1) is 12.7. The molecule has 27 heavy (non-hydrogen) atoms. The third kappa shape index (κ3) is 3.87. The lowest BCUT2D eigenvalue weighted by atomic mass is 9.79. The van der Waals surface area contributed by atoms with E-state index in [1.165, 1.54) is 29.4 Å². The van der Waals surface area contributed by atoms with Crippen molar-refractivity contribution in [3.8, 4) is 0 Å². The molecule has 1 heterocycles. The Hall–Kier alpha value is -2.69. The Labute approximate surface area is 160 Å². The Balaban J connectivity index is 1.81. The number of anilines is 1. The number of amides is 1. The van der Waals surface area contributed by atoms with Gasteiger partial charge in [-0.25, -0.2) is 9.82 Å². The summed E-state index contributed by atoms with van der Waals surface area (Å²) >= 11 is 0. The molecule has 1 atom stereocenters. The van der Waals surface area contributed by atoms with Crippen LogP contribution in [0.5, 0.6) is 0 Å². The molecule has 0 aromatic heterocycles. The smallest absolute Gasteiger partial charge is 0.271 e. The second-order valence-corrected chi connectivity index (χ2v) is 7.95. The zero-order chi connectivity index (χ0) is 19.8. The molecule has 0 saturated carbocycles. The van der Waals surface area contributed by atoms with E-state index < -0.39 is 11.7 Å². The molecule has 1 N–H and O–H groups in total. The maximum Gasteiger partial charge on any atom is 0.271 e. The summed E-state index contributed by atoms with van der Waals surface area (Å²) in [5.41, 5.74) is 7.43. The largest absolute Gasteiger partial charge is 0.369 e. The van der Waals surface area contributed by atoms with E-state index in [4.69, 9.17) is 0 Å². The number of halogens is 1. The molecular formula is C22H26FN3O. The molecule has 0 unspecified atom stereocenters. The van der Waals surface area contributed by atoms with Crippen LogP contribution < -0.4 is 10.3 Å². The van der Waals surface area contributed by atoms with Crippen molar-refractivity contribution in [2.75, 3.05) is 11.9 Å².